The van der Waals surface area contributed by atoms with Gasteiger partial charge >= 0.3 is 5.97 Å². The number of carbonyl (C=O) groups is 2. The first-order chi connectivity index (χ1) is 15.0. The van der Waals surface area contributed by atoms with Crippen molar-refractivity contribution in [3.05, 3.63) is 53.6 Å². The summed E-state index contributed by atoms with van der Waals surface area (Å²) < 4.78 is 16.2. The predicted molar refractivity (Wildman–Crippen MR) is 112 cm³/mol. The quantitative estimate of drug-likeness (QED) is 0.702. The number of benzene rings is 2. The van der Waals surface area contributed by atoms with Crippen LogP contribution < -0.4 is 19.5 Å². The maximum absolute atomic E-state index is 12.5. The first kappa shape index (κ1) is 21.0. The van der Waals surface area contributed by atoms with Crippen LogP contribution in [0, 0.1) is 5.92 Å². The van der Waals surface area contributed by atoms with Crippen LogP contribution in [-0.2, 0) is 9.59 Å². The first-order valence-corrected chi connectivity index (χ1v) is 10.2. The number of hydrogen-bond acceptors (Lipinski definition) is 6. The van der Waals surface area contributed by atoms with E-state index in [4.69, 9.17) is 14.2 Å². The largest absolute Gasteiger partial charge is 0.497 e. The van der Waals surface area contributed by atoms with E-state index in [1.165, 1.54) is 6.92 Å². The van der Waals surface area contributed by atoms with E-state index in [1.54, 1.807) is 7.11 Å². The molecule has 164 valence electrons. The Bertz CT molecular complexity index is 961. The van der Waals surface area contributed by atoms with Crippen molar-refractivity contribution < 1.29 is 28.9 Å². The van der Waals surface area contributed by atoms with E-state index in [0.717, 1.165) is 11.1 Å². The fraction of sp³-hybridized carbons (Fsp3) is 0.391. The number of fused-ring (bicyclic) bond motifs is 1. The summed E-state index contributed by atoms with van der Waals surface area (Å²) >= 11 is 0. The number of amides is 1. The third-order valence-electron chi connectivity index (χ3n) is 5.94. The summed E-state index contributed by atoms with van der Waals surface area (Å²) in [6, 6.07) is 12.8. The van der Waals surface area contributed by atoms with Gasteiger partial charge in [0.15, 0.2) is 11.5 Å². The standard InChI is InChI=1S/C23H26N2O6/c1-14(26)24-9-10-25-12-18(16-5-8-19-20(11-16)31-13-30-19)21(23(27)28)22(25)15-3-6-17(29-2)7-4-15/h3-8,11,18,21-22H,9-10,12-13H2,1-2H3,(H,24,26)(H,27,28)/t18-,21+,22-/m1/s1. The Labute approximate surface area is 180 Å². The second-order valence-corrected chi connectivity index (χ2v) is 7.78. The Morgan fingerprint density at radius 3 is 2.52 bits per heavy atom. The number of nitrogens with one attached hydrogen (secondary N) is 1. The summed E-state index contributed by atoms with van der Waals surface area (Å²) in [6.45, 7) is 3.18. The molecule has 0 spiro atoms. The van der Waals surface area contributed by atoms with E-state index in [2.05, 4.69) is 10.2 Å². The Morgan fingerprint density at radius 1 is 1.13 bits per heavy atom. The Balaban J connectivity index is 1.68. The summed E-state index contributed by atoms with van der Waals surface area (Å²) in [5.41, 5.74) is 1.80. The van der Waals surface area contributed by atoms with Gasteiger partial charge in [0.25, 0.3) is 0 Å². The summed E-state index contributed by atoms with van der Waals surface area (Å²) in [5, 5.41) is 13.0. The Kier molecular flexibility index (Phi) is 5.99. The molecule has 0 bridgehead atoms. The maximum atomic E-state index is 12.5. The van der Waals surface area contributed by atoms with E-state index >= 15 is 0 Å². The number of carboxylic acids is 1. The molecule has 2 aliphatic rings. The van der Waals surface area contributed by atoms with Gasteiger partial charge in [0.05, 0.1) is 13.0 Å². The highest BCUT2D eigenvalue weighted by Crippen LogP contribution is 2.47. The fourth-order valence-electron chi connectivity index (χ4n) is 4.52. The lowest BCUT2D eigenvalue weighted by molar-refractivity contribution is -0.143. The number of carbonyl (C=O) groups excluding carboxylic acids is 1. The highest BCUT2D eigenvalue weighted by Gasteiger charge is 2.47. The molecule has 4 rings (SSSR count). The second-order valence-electron chi connectivity index (χ2n) is 7.78. The zero-order valence-electron chi connectivity index (χ0n) is 17.5. The van der Waals surface area contributed by atoms with Crippen molar-refractivity contribution in [1.82, 2.24) is 10.2 Å². The third-order valence-corrected chi connectivity index (χ3v) is 5.94. The summed E-state index contributed by atoms with van der Waals surface area (Å²) in [5.74, 6) is 0.156. The number of hydrogen-bond donors (Lipinski definition) is 2. The molecule has 0 radical (unpaired) electrons. The molecule has 8 heteroatoms. The monoisotopic (exact) mass is 426 g/mol. The van der Waals surface area contributed by atoms with Crippen LogP contribution in [0.5, 0.6) is 17.2 Å². The molecule has 0 aromatic heterocycles. The SMILES string of the molecule is COc1ccc([C@@H]2[C@@H](C(=O)O)[C@@H](c3ccc4c(c3)OCO4)CN2CCNC(C)=O)cc1. The van der Waals surface area contributed by atoms with Crippen molar-refractivity contribution >= 4 is 11.9 Å². The Hall–Kier alpha value is -3.26. The summed E-state index contributed by atoms with van der Waals surface area (Å²) in [7, 11) is 1.60. The predicted octanol–water partition coefficient (Wildman–Crippen LogP) is 2.40. The molecule has 31 heavy (non-hydrogen) atoms. The molecule has 0 aliphatic carbocycles. The smallest absolute Gasteiger partial charge is 0.309 e. The van der Waals surface area contributed by atoms with Gasteiger partial charge in [0.1, 0.15) is 5.75 Å². The lowest BCUT2D eigenvalue weighted by atomic mass is 9.82. The molecule has 8 nitrogen and oxygen atoms in total. The molecule has 2 aromatic carbocycles. The number of ether oxygens (including phenoxy) is 3. The van der Waals surface area contributed by atoms with E-state index in [-0.39, 0.29) is 24.7 Å². The number of likely N-dealkylation sites (tertiary alicyclic amines) is 1. The van der Waals surface area contributed by atoms with Crippen LogP contribution >= 0.6 is 0 Å². The van der Waals surface area contributed by atoms with Crippen molar-refractivity contribution in [2.45, 2.75) is 18.9 Å². The van der Waals surface area contributed by atoms with Gasteiger partial charge in [-0.1, -0.05) is 18.2 Å². The highest BCUT2D eigenvalue weighted by atomic mass is 16.7. The lowest BCUT2D eigenvalue weighted by Gasteiger charge is -2.27. The van der Waals surface area contributed by atoms with Gasteiger partial charge in [-0.25, -0.2) is 0 Å². The van der Waals surface area contributed by atoms with Crippen molar-refractivity contribution in [2.75, 3.05) is 33.5 Å². The normalized spacial score (nSPS) is 22.3. The molecule has 3 atom stereocenters. The molecule has 1 amide bonds. The summed E-state index contributed by atoms with van der Waals surface area (Å²) in [6.07, 6.45) is 0. The van der Waals surface area contributed by atoms with Gasteiger partial charge in [0, 0.05) is 38.5 Å². The van der Waals surface area contributed by atoms with E-state index in [1.807, 2.05) is 42.5 Å². The molecule has 2 aliphatic heterocycles. The van der Waals surface area contributed by atoms with Gasteiger partial charge in [-0.2, -0.15) is 0 Å². The van der Waals surface area contributed by atoms with Crippen LogP contribution in [-0.4, -0.2) is 55.4 Å². The van der Waals surface area contributed by atoms with Crippen LogP contribution in [0.15, 0.2) is 42.5 Å². The van der Waals surface area contributed by atoms with Crippen molar-refractivity contribution in [3.63, 3.8) is 0 Å². The van der Waals surface area contributed by atoms with Crippen LogP contribution in [0.3, 0.4) is 0 Å². The second kappa shape index (κ2) is 8.85. The van der Waals surface area contributed by atoms with E-state index < -0.39 is 11.9 Å². The average molecular weight is 426 g/mol. The van der Waals surface area contributed by atoms with Crippen molar-refractivity contribution in [3.8, 4) is 17.2 Å². The number of methoxy groups -OCH3 is 1. The average Bonchev–Trinajstić information content (AvgIpc) is 3.37. The molecular formula is C23H26N2O6. The number of nitrogens with zero attached hydrogens (tertiary/aromatic N) is 1. The molecule has 2 aromatic rings. The molecular weight excluding hydrogens is 400 g/mol. The minimum Gasteiger partial charge on any atom is -0.497 e. The maximum Gasteiger partial charge on any atom is 0.309 e. The van der Waals surface area contributed by atoms with Gasteiger partial charge in [-0.3, -0.25) is 14.5 Å². The van der Waals surface area contributed by atoms with E-state index in [0.29, 0.717) is 36.9 Å². The molecule has 1 saturated heterocycles. The Morgan fingerprint density at radius 2 is 1.84 bits per heavy atom. The van der Waals surface area contributed by atoms with Crippen LogP contribution in [0.2, 0.25) is 0 Å². The van der Waals surface area contributed by atoms with Gasteiger partial charge in [0.2, 0.25) is 12.7 Å². The molecule has 0 saturated carbocycles. The van der Waals surface area contributed by atoms with Gasteiger partial charge < -0.3 is 24.6 Å². The lowest BCUT2D eigenvalue weighted by Crippen LogP contribution is -2.35. The fourth-order valence-corrected chi connectivity index (χ4v) is 4.52. The van der Waals surface area contributed by atoms with E-state index in [9.17, 15) is 14.7 Å². The number of rotatable bonds is 7. The zero-order chi connectivity index (χ0) is 22.0. The number of carboxylic acid groups (broad SMARTS) is 1. The van der Waals surface area contributed by atoms with Crippen LogP contribution in [0.25, 0.3) is 0 Å². The van der Waals surface area contributed by atoms with Crippen LogP contribution in [0.4, 0.5) is 0 Å². The van der Waals surface area contributed by atoms with Gasteiger partial charge in [-0.15, -0.1) is 0 Å². The molecule has 0 unspecified atom stereocenters. The van der Waals surface area contributed by atoms with Crippen molar-refractivity contribution in [1.29, 1.82) is 0 Å². The summed E-state index contributed by atoms with van der Waals surface area (Å²) in [4.78, 5) is 26.0. The molecule has 2 heterocycles. The topological polar surface area (TPSA) is 97.3 Å². The third kappa shape index (κ3) is 4.29. The van der Waals surface area contributed by atoms with Crippen molar-refractivity contribution in [2.24, 2.45) is 5.92 Å². The van der Waals surface area contributed by atoms with Gasteiger partial charge in [-0.05, 0) is 35.4 Å². The highest BCUT2D eigenvalue weighted by molar-refractivity contribution is 5.74. The first-order valence-electron chi connectivity index (χ1n) is 10.2. The van der Waals surface area contributed by atoms with Crippen LogP contribution in [0.1, 0.15) is 30.0 Å². The zero-order valence-corrected chi connectivity index (χ0v) is 17.5. The number of aliphatic carboxylic acids is 1. The molecule has 2 N–H and O–H groups in total. The minimum atomic E-state index is -0.856. The molecule has 1 fully saturated rings. The minimum absolute atomic E-state index is 0.109.